The van der Waals surface area contributed by atoms with Crippen LogP contribution in [-0.2, 0) is 6.54 Å². The third-order valence-electron chi connectivity index (χ3n) is 5.68. The van der Waals surface area contributed by atoms with Crippen LogP contribution in [0.15, 0.2) is 77.4 Å². The van der Waals surface area contributed by atoms with Crippen molar-refractivity contribution in [2.24, 2.45) is 0 Å². The standard InChI is InChI=1S/C23H23FN6O/c24-19-10-8-18(9-11-19)22(23-25-26-27-30(23)17-21-7-4-16-31-21)29-14-12-28(13-15-29)20-5-2-1-3-6-20/h1-11,16,22H,12-15,17H2/t22-/m1/s1. The summed E-state index contributed by atoms with van der Waals surface area (Å²) >= 11 is 0. The highest BCUT2D eigenvalue weighted by Crippen LogP contribution is 2.29. The molecule has 4 aromatic rings. The second-order valence-corrected chi connectivity index (χ2v) is 7.59. The zero-order valence-electron chi connectivity index (χ0n) is 17.0. The molecule has 1 saturated heterocycles. The van der Waals surface area contributed by atoms with Crippen LogP contribution in [0, 0.1) is 5.82 Å². The Hall–Kier alpha value is -3.52. The Labute approximate surface area is 179 Å². The van der Waals surface area contributed by atoms with Gasteiger partial charge in [0.25, 0.3) is 0 Å². The Balaban J connectivity index is 1.43. The summed E-state index contributed by atoms with van der Waals surface area (Å²) in [6, 6.07) is 20.6. The predicted molar refractivity (Wildman–Crippen MR) is 114 cm³/mol. The van der Waals surface area contributed by atoms with Crippen LogP contribution in [0.4, 0.5) is 10.1 Å². The maximum atomic E-state index is 13.6. The molecular weight excluding hydrogens is 395 g/mol. The molecule has 2 aromatic heterocycles. The second-order valence-electron chi connectivity index (χ2n) is 7.59. The Kier molecular flexibility index (Phi) is 5.45. The topological polar surface area (TPSA) is 63.2 Å². The summed E-state index contributed by atoms with van der Waals surface area (Å²) in [5.74, 6) is 1.24. The van der Waals surface area contributed by atoms with Gasteiger partial charge in [0.2, 0.25) is 0 Å². The number of halogens is 1. The van der Waals surface area contributed by atoms with Crippen LogP contribution in [0.3, 0.4) is 0 Å². The van der Waals surface area contributed by atoms with Crippen LogP contribution in [0.25, 0.3) is 0 Å². The van der Waals surface area contributed by atoms with Gasteiger partial charge in [-0.05, 0) is 52.4 Å². The summed E-state index contributed by atoms with van der Waals surface area (Å²) < 4.78 is 20.9. The maximum Gasteiger partial charge on any atom is 0.173 e. The average Bonchev–Trinajstić information content (AvgIpc) is 3.49. The van der Waals surface area contributed by atoms with Crippen molar-refractivity contribution >= 4 is 5.69 Å². The van der Waals surface area contributed by atoms with Gasteiger partial charge in [-0.15, -0.1) is 5.10 Å². The van der Waals surface area contributed by atoms with Crippen LogP contribution in [0.1, 0.15) is 23.2 Å². The van der Waals surface area contributed by atoms with E-state index in [0.29, 0.717) is 6.54 Å². The first-order valence-electron chi connectivity index (χ1n) is 10.4. The monoisotopic (exact) mass is 418 g/mol. The van der Waals surface area contributed by atoms with Gasteiger partial charge in [0.15, 0.2) is 5.82 Å². The van der Waals surface area contributed by atoms with Gasteiger partial charge in [0.05, 0.1) is 12.3 Å². The molecule has 1 atom stereocenters. The minimum Gasteiger partial charge on any atom is -0.467 e. The first kappa shape index (κ1) is 19.4. The summed E-state index contributed by atoms with van der Waals surface area (Å²) in [6.45, 7) is 3.90. The largest absolute Gasteiger partial charge is 0.467 e. The van der Waals surface area contributed by atoms with E-state index in [0.717, 1.165) is 43.3 Å². The first-order valence-corrected chi connectivity index (χ1v) is 10.4. The first-order chi connectivity index (χ1) is 15.3. The minimum absolute atomic E-state index is 0.177. The highest BCUT2D eigenvalue weighted by Gasteiger charge is 2.31. The molecule has 1 aliphatic rings. The van der Waals surface area contributed by atoms with Gasteiger partial charge in [-0.3, -0.25) is 4.90 Å². The van der Waals surface area contributed by atoms with Crippen molar-refractivity contribution in [1.82, 2.24) is 25.1 Å². The molecule has 1 aliphatic heterocycles. The van der Waals surface area contributed by atoms with E-state index in [1.165, 1.54) is 17.8 Å². The lowest BCUT2D eigenvalue weighted by atomic mass is 10.0. The van der Waals surface area contributed by atoms with Crippen LogP contribution >= 0.6 is 0 Å². The van der Waals surface area contributed by atoms with Crippen molar-refractivity contribution in [1.29, 1.82) is 0 Å². The number of furan rings is 1. The van der Waals surface area contributed by atoms with Crippen molar-refractivity contribution in [2.45, 2.75) is 12.6 Å². The molecule has 0 N–H and O–H groups in total. The Bertz CT molecular complexity index is 1090. The lowest BCUT2D eigenvalue weighted by Crippen LogP contribution is -2.48. The zero-order valence-corrected chi connectivity index (χ0v) is 17.0. The van der Waals surface area contributed by atoms with Gasteiger partial charge in [-0.25, -0.2) is 9.07 Å². The Morgan fingerprint density at radius 2 is 1.68 bits per heavy atom. The fraction of sp³-hybridized carbons (Fsp3) is 0.261. The Morgan fingerprint density at radius 1 is 0.903 bits per heavy atom. The molecule has 3 heterocycles. The molecule has 158 valence electrons. The maximum absolute atomic E-state index is 13.6. The minimum atomic E-state index is -0.258. The quantitative estimate of drug-likeness (QED) is 0.479. The van der Waals surface area contributed by atoms with E-state index in [-0.39, 0.29) is 11.9 Å². The van der Waals surface area contributed by atoms with Crippen LogP contribution in [0.5, 0.6) is 0 Å². The number of tetrazole rings is 1. The molecule has 5 rings (SSSR count). The number of para-hydroxylation sites is 1. The Morgan fingerprint density at radius 3 is 2.39 bits per heavy atom. The molecule has 7 nitrogen and oxygen atoms in total. The van der Waals surface area contributed by atoms with Crippen molar-refractivity contribution in [3.05, 3.63) is 96.0 Å². The van der Waals surface area contributed by atoms with E-state index >= 15 is 0 Å². The second kappa shape index (κ2) is 8.69. The number of aromatic nitrogens is 4. The van der Waals surface area contributed by atoms with Gasteiger partial charge in [-0.2, -0.15) is 0 Å². The summed E-state index contributed by atoms with van der Waals surface area (Å²) in [5.41, 5.74) is 2.19. The van der Waals surface area contributed by atoms with Crippen molar-refractivity contribution in [3.8, 4) is 0 Å². The van der Waals surface area contributed by atoms with Gasteiger partial charge >= 0.3 is 0 Å². The molecule has 0 unspecified atom stereocenters. The molecule has 0 radical (unpaired) electrons. The van der Waals surface area contributed by atoms with E-state index in [2.05, 4.69) is 49.6 Å². The number of rotatable bonds is 6. The van der Waals surface area contributed by atoms with E-state index in [9.17, 15) is 4.39 Å². The SMILES string of the molecule is Fc1ccc([C@H](c2nnnn2Cc2ccco2)N2CCN(c3ccccc3)CC2)cc1. The van der Waals surface area contributed by atoms with Crippen molar-refractivity contribution in [3.63, 3.8) is 0 Å². The summed E-state index contributed by atoms with van der Waals surface area (Å²) in [7, 11) is 0. The lowest BCUT2D eigenvalue weighted by Gasteiger charge is -2.39. The zero-order chi connectivity index (χ0) is 21.0. The molecule has 0 bridgehead atoms. The van der Waals surface area contributed by atoms with E-state index in [1.54, 1.807) is 10.9 Å². The molecule has 31 heavy (non-hydrogen) atoms. The van der Waals surface area contributed by atoms with Crippen LogP contribution in [0.2, 0.25) is 0 Å². The smallest absolute Gasteiger partial charge is 0.173 e. The highest BCUT2D eigenvalue weighted by atomic mass is 19.1. The third kappa shape index (κ3) is 4.20. The van der Waals surface area contributed by atoms with Crippen molar-refractivity contribution < 1.29 is 8.81 Å². The molecule has 0 aliphatic carbocycles. The third-order valence-corrected chi connectivity index (χ3v) is 5.68. The number of nitrogens with zero attached hydrogens (tertiary/aromatic N) is 6. The van der Waals surface area contributed by atoms with Gasteiger partial charge in [0, 0.05) is 31.9 Å². The molecule has 2 aromatic carbocycles. The molecule has 1 fully saturated rings. The van der Waals surface area contributed by atoms with E-state index < -0.39 is 0 Å². The fourth-order valence-corrected chi connectivity index (χ4v) is 4.12. The summed E-state index contributed by atoms with van der Waals surface area (Å²) in [6.07, 6.45) is 1.64. The number of hydrogen-bond donors (Lipinski definition) is 0. The van der Waals surface area contributed by atoms with Crippen LogP contribution in [-0.4, -0.2) is 51.3 Å². The van der Waals surface area contributed by atoms with Crippen LogP contribution < -0.4 is 4.90 Å². The molecule has 8 heteroatoms. The van der Waals surface area contributed by atoms with E-state index in [1.807, 2.05) is 30.3 Å². The number of benzene rings is 2. The molecule has 0 spiro atoms. The van der Waals surface area contributed by atoms with Gasteiger partial charge in [-0.1, -0.05) is 30.3 Å². The summed E-state index contributed by atoms with van der Waals surface area (Å²) in [5, 5.41) is 12.5. The number of piperazine rings is 1. The molecule has 0 saturated carbocycles. The summed E-state index contributed by atoms with van der Waals surface area (Å²) in [4.78, 5) is 4.74. The van der Waals surface area contributed by atoms with Gasteiger partial charge in [0.1, 0.15) is 18.1 Å². The average molecular weight is 418 g/mol. The normalized spacial score (nSPS) is 15.8. The highest BCUT2D eigenvalue weighted by molar-refractivity contribution is 5.46. The fourth-order valence-electron chi connectivity index (χ4n) is 4.12. The van der Waals surface area contributed by atoms with Gasteiger partial charge < -0.3 is 9.32 Å². The predicted octanol–water partition coefficient (Wildman–Crippen LogP) is 3.37. The molecular formula is C23H23FN6O. The number of anilines is 1. The lowest BCUT2D eigenvalue weighted by molar-refractivity contribution is 0.200. The van der Waals surface area contributed by atoms with Crippen molar-refractivity contribution in [2.75, 3.05) is 31.1 Å². The van der Waals surface area contributed by atoms with E-state index in [4.69, 9.17) is 4.42 Å². The number of hydrogen-bond acceptors (Lipinski definition) is 6. The molecule has 0 amide bonds.